The third-order valence-electron chi connectivity index (χ3n) is 3.52. The van der Waals surface area contributed by atoms with E-state index in [2.05, 4.69) is 0 Å². The lowest BCUT2D eigenvalue weighted by Crippen LogP contribution is -2.45. The first-order valence-electron chi connectivity index (χ1n) is 6.50. The van der Waals surface area contributed by atoms with Gasteiger partial charge in [0.25, 0.3) is 0 Å². The fraction of sp³-hybridized carbons (Fsp3) is 0.462. The van der Waals surface area contributed by atoms with Crippen LogP contribution in [0.25, 0.3) is 0 Å². The summed E-state index contributed by atoms with van der Waals surface area (Å²) in [6.07, 6.45) is 2.39. The number of hydrogen-bond donors (Lipinski definition) is 2. The first-order chi connectivity index (χ1) is 9.48. The second-order valence-corrected chi connectivity index (χ2v) is 7.11. The molecule has 3 N–H and O–H groups in total. The Morgan fingerprint density at radius 2 is 2.10 bits per heavy atom. The van der Waals surface area contributed by atoms with Crippen molar-refractivity contribution in [3.8, 4) is 0 Å². The van der Waals surface area contributed by atoms with Gasteiger partial charge in [0.05, 0.1) is 11.5 Å². The molecule has 0 radical (unpaired) electrons. The van der Waals surface area contributed by atoms with Crippen molar-refractivity contribution in [1.82, 2.24) is 4.31 Å². The molecule has 1 atom stereocenters. The van der Waals surface area contributed by atoms with E-state index in [0.29, 0.717) is 18.5 Å². The molecule has 7 heteroatoms. The van der Waals surface area contributed by atoms with E-state index in [1.54, 1.807) is 18.2 Å². The lowest BCUT2D eigenvalue weighted by atomic mass is 10.1. The van der Waals surface area contributed by atoms with Gasteiger partial charge in [-0.1, -0.05) is 36.8 Å². The second-order valence-electron chi connectivity index (χ2n) is 4.81. The van der Waals surface area contributed by atoms with E-state index >= 15 is 0 Å². The highest BCUT2D eigenvalue weighted by atomic mass is 32.2. The van der Waals surface area contributed by atoms with E-state index in [1.807, 2.05) is 0 Å². The van der Waals surface area contributed by atoms with Crippen molar-refractivity contribution in [2.45, 2.75) is 30.2 Å². The average Bonchev–Trinajstić information content (AvgIpc) is 2.47. The molecule has 1 heterocycles. The Hall–Kier alpha value is -1.02. The number of benzene rings is 1. The maximum atomic E-state index is 12.8. The van der Waals surface area contributed by atoms with Crippen LogP contribution in [-0.4, -0.2) is 42.0 Å². The molecule has 0 amide bonds. The molecule has 1 aromatic rings. The summed E-state index contributed by atoms with van der Waals surface area (Å²) in [5, 5.41) is 9.39. The van der Waals surface area contributed by atoms with Crippen LogP contribution < -0.4 is 5.73 Å². The van der Waals surface area contributed by atoms with Gasteiger partial charge in [0, 0.05) is 18.2 Å². The Kier molecular flexibility index (Phi) is 4.74. The molecule has 1 aliphatic heterocycles. The van der Waals surface area contributed by atoms with Crippen LogP contribution in [-0.2, 0) is 10.0 Å². The number of piperidine rings is 1. The van der Waals surface area contributed by atoms with E-state index in [4.69, 9.17) is 18.0 Å². The smallest absolute Gasteiger partial charge is 0.244 e. The molecular formula is C13H18N2O3S2. The number of aliphatic hydroxyl groups is 1. The number of rotatable bonds is 4. The van der Waals surface area contributed by atoms with E-state index in [0.717, 1.165) is 12.8 Å². The Balaban J connectivity index is 2.47. The van der Waals surface area contributed by atoms with Crippen molar-refractivity contribution >= 4 is 27.2 Å². The summed E-state index contributed by atoms with van der Waals surface area (Å²) in [6.45, 7) is 0.244. The first kappa shape index (κ1) is 15.4. The van der Waals surface area contributed by atoms with Gasteiger partial charge in [0.2, 0.25) is 10.0 Å². The van der Waals surface area contributed by atoms with Crippen LogP contribution in [0.1, 0.15) is 24.8 Å². The molecule has 0 saturated carbocycles. The van der Waals surface area contributed by atoms with Crippen LogP contribution in [0.15, 0.2) is 29.2 Å². The predicted molar refractivity (Wildman–Crippen MR) is 80.9 cm³/mol. The van der Waals surface area contributed by atoms with Crippen molar-refractivity contribution < 1.29 is 13.5 Å². The highest BCUT2D eigenvalue weighted by Crippen LogP contribution is 2.27. The lowest BCUT2D eigenvalue weighted by Gasteiger charge is -2.33. The topological polar surface area (TPSA) is 83.6 Å². The molecule has 2 rings (SSSR count). The molecule has 20 heavy (non-hydrogen) atoms. The molecule has 1 unspecified atom stereocenters. The molecule has 1 aromatic carbocycles. The number of hydrogen-bond acceptors (Lipinski definition) is 4. The number of sulfonamides is 1. The van der Waals surface area contributed by atoms with E-state index in [1.165, 1.54) is 10.4 Å². The first-order valence-corrected chi connectivity index (χ1v) is 8.35. The van der Waals surface area contributed by atoms with Crippen molar-refractivity contribution in [2.24, 2.45) is 5.73 Å². The molecule has 0 spiro atoms. The molecule has 110 valence electrons. The summed E-state index contributed by atoms with van der Waals surface area (Å²) in [7, 11) is -3.69. The van der Waals surface area contributed by atoms with Gasteiger partial charge in [0.15, 0.2) is 0 Å². The molecule has 1 aliphatic rings. The highest BCUT2D eigenvalue weighted by Gasteiger charge is 2.34. The van der Waals surface area contributed by atoms with E-state index in [-0.39, 0.29) is 22.5 Å². The number of thiocarbonyl (C=S) groups is 1. The van der Waals surface area contributed by atoms with Gasteiger partial charge in [0.1, 0.15) is 4.99 Å². The third-order valence-corrected chi connectivity index (χ3v) is 5.75. The van der Waals surface area contributed by atoms with Crippen LogP contribution in [0, 0.1) is 0 Å². The SMILES string of the molecule is NC(=S)c1ccccc1S(=O)(=O)N1CCCCC1CO. The zero-order valence-corrected chi connectivity index (χ0v) is 12.7. The fourth-order valence-corrected chi connectivity index (χ4v) is 4.63. The quantitative estimate of drug-likeness (QED) is 0.805. The third kappa shape index (κ3) is 2.85. The van der Waals surface area contributed by atoms with Crippen LogP contribution >= 0.6 is 12.2 Å². The molecule has 0 aromatic heterocycles. The van der Waals surface area contributed by atoms with Crippen LogP contribution in [0.5, 0.6) is 0 Å². The summed E-state index contributed by atoms with van der Waals surface area (Å²) in [4.78, 5) is 0.176. The zero-order chi connectivity index (χ0) is 14.8. The molecular weight excluding hydrogens is 296 g/mol. The fourth-order valence-electron chi connectivity index (χ4n) is 2.49. The lowest BCUT2D eigenvalue weighted by molar-refractivity contribution is 0.155. The molecule has 1 saturated heterocycles. The highest BCUT2D eigenvalue weighted by molar-refractivity contribution is 7.89. The van der Waals surface area contributed by atoms with Crippen molar-refractivity contribution in [3.63, 3.8) is 0 Å². The van der Waals surface area contributed by atoms with Gasteiger partial charge in [-0.3, -0.25) is 0 Å². The maximum Gasteiger partial charge on any atom is 0.244 e. The monoisotopic (exact) mass is 314 g/mol. The standard InChI is InChI=1S/C13H18N2O3S2/c14-13(19)11-6-1-2-7-12(11)20(17,18)15-8-4-3-5-10(15)9-16/h1-2,6-7,10,16H,3-5,8-9H2,(H2,14,19). The molecule has 0 bridgehead atoms. The maximum absolute atomic E-state index is 12.8. The van der Waals surface area contributed by atoms with Gasteiger partial charge < -0.3 is 10.8 Å². The van der Waals surface area contributed by atoms with Crippen molar-refractivity contribution in [3.05, 3.63) is 29.8 Å². The van der Waals surface area contributed by atoms with E-state index in [9.17, 15) is 13.5 Å². The largest absolute Gasteiger partial charge is 0.395 e. The zero-order valence-electron chi connectivity index (χ0n) is 11.0. The van der Waals surface area contributed by atoms with Crippen molar-refractivity contribution in [2.75, 3.05) is 13.2 Å². The van der Waals surface area contributed by atoms with Gasteiger partial charge in [-0.15, -0.1) is 0 Å². The van der Waals surface area contributed by atoms with Crippen molar-refractivity contribution in [1.29, 1.82) is 0 Å². The summed E-state index contributed by atoms with van der Waals surface area (Å²) in [6, 6.07) is 6.09. The Bertz CT molecular complexity index is 601. The summed E-state index contributed by atoms with van der Waals surface area (Å²) in [5.74, 6) is 0. The minimum atomic E-state index is -3.69. The number of nitrogens with two attached hydrogens (primary N) is 1. The van der Waals surface area contributed by atoms with Crippen LogP contribution in [0.2, 0.25) is 0 Å². The number of aliphatic hydroxyl groups excluding tert-OH is 1. The molecule has 1 fully saturated rings. The normalized spacial score (nSPS) is 20.8. The van der Waals surface area contributed by atoms with Gasteiger partial charge in [-0.05, 0) is 18.9 Å². The second kappa shape index (κ2) is 6.17. The average molecular weight is 314 g/mol. The Morgan fingerprint density at radius 3 is 2.75 bits per heavy atom. The van der Waals surface area contributed by atoms with Gasteiger partial charge >= 0.3 is 0 Å². The van der Waals surface area contributed by atoms with Crippen LogP contribution in [0.3, 0.4) is 0 Å². The van der Waals surface area contributed by atoms with Gasteiger partial charge in [-0.25, -0.2) is 8.42 Å². The predicted octanol–water partition coefficient (Wildman–Crippen LogP) is 0.856. The number of nitrogens with zero attached hydrogens (tertiary/aromatic N) is 1. The minimum absolute atomic E-state index is 0.0572. The Morgan fingerprint density at radius 1 is 1.40 bits per heavy atom. The summed E-state index contributed by atoms with van der Waals surface area (Å²) < 4.78 is 26.9. The minimum Gasteiger partial charge on any atom is -0.395 e. The summed E-state index contributed by atoms with van der Waals surface area (Å²) in [5.41, 5.74) is 5.96. The van der Waals surface area contributed by atoms with Crippen LogP contribution in [0.4, 0.5) is 0 Å². The van der Waals surface area contributed by atoms with Gasteiger partial charge in [-0.2, -0.15) is 4.31 Å². The Labute approximate surface area is 124 Å². The van der Waals surface area contributed by atoms with E-state index < -0.39 is 10.0 Å². The summed E-state index contributed by atoms with van der Waals surface area (Å²) >= 11 is 4.92. The molecule has 5 nitrogen and oxygen atoms in total. The molecule has 0 aliphatic carbocycles.